The van der Waals surface area contributed by atoms with Crippen LogP contribution >= 0.6 is 0 Å². The standard InChI is InChI=1S/C12H9FN2O2/c13-6-1-2-10-7(3-6)9(5-14-10)8-4-11(16)15-12(8)17/h1-3,5,8,14H,4H2,(H,15,16,17)/t8-/m1/s1/i8D. The Bertz CT molecular complexity index is 682. The van der Waals surface area contributed by atoms with E-state index in [1.807, 2.05) is 0 Å². The molecule has 1 aromatic heterocycles. The van der Waals surface area contributed by atoms with Gasteiger partial charge in [-0.3, -0.25) is 14.9 Å². The van der Waals surface area contributed by atoms with Gasteiger partial charge in [0.2, 0.25) is 11.8 Å². The predicted molar refractivity (Wildman–Crippen MR) is 58.8 cm³/mol. The van der Waals surface area contributed by atoms with Gasteiger partial charge < -0.3 is 4.98 Å². The Morgan fingerprint density at radius 1 is 1.41 bits per heavy atom. The van der Waals surface area contributed by atoms with Gasteiger partial charge in [-0.1, -0.05) is 0 Å². The number of H-pyrrole nitrogens is 1. The van der Waals surface area contributed by atoms with E-state index >= 15 is 0 Å². The summed E-state index contributed by atoms with van der Waals surface area (Å²) in [6.45, 7) is 0. The Morgan fingerprint density at radius 2 is 2.24 bits per heavy atom. The van der Waals surface area contributed by atoms with Crippen LogP contribution in [0.15, 0.2) is 24.4 Å². The summed E-state index contributed by atoms with van der Waals surface area (Å²) in [5.41, 5.74) is 0.950. The van der Waals surface area contributed by atoms with Gasteiger partial charge in [-0.15, -0.1) is 0 Å². The third kappa shape index (κ3) is 1.51. The summed E-state index contributed by atoms with van der Waals surface area (Å²) in [5, 5.41) is 2.56. The molecule has 1 atom stereocenters. The molecule has 5 heteroatoms. The first kappa shape index (κ1) is 8.92. The normalized spacial score (nSPS) is 25.1. The summed E-state index contributed by atoms with van der Waals surface area (Å²) >= 11 is 0. The number of hydrogen-bond donors (Lipinski definition) is 2. The van der Waals surface area contributed by atoms with E-state index in [9.17, 15) is 14.0 Å². The second kappa shape index (κ2) is 3.41. The van der Waals surface area contributed by atoms with Gasteiger partial charge in [0.15, 0.2) is 0 Å². The number of hydrogen-bond acceptors (Lipinski definition) is 2. The highest BCUT2D eigenvalue weighted by Gasteiger charge is 2.33. The van der Waals surface area contributed by atoms with E-state index in [1.54, 1.807) is 0 Å². The minimum absolute atomic E-state index is 0.241. The molecule has 3 rings (SSSR count). The number of imide groups is 1. The number of fused-ring (bicyclic) bond motifs is 1. The fourth-order valence-electron chi connectivity index (χ4n) is 2.05. The van der Waals surface area contributed by atoms with Crippen LogP contribution in [0.4, 0.5) is 4.39 Å². The van der Waals surface area contributed by atoms with Gasteiger partial charge in [0.05, 0.1) is 5.89 Å². The fourth-order valence-corrected chi connectivity index (χ4v) is 2.05. The van der Waals surface area contributed by atoms with E-state index in [4.69, 9.17) is 1.37 Å². The summed E-state index contributed by atoms with van der Waals surface area (Å²) in [6, 6.07) is 4.08. The summed E-state index contributed by atoms with van der Waals surface area (Å²) in [6.07, 6.45) is 1.24. The van der Waals surface area contributed by atoms with Crippen LogP contribution < -0.4 is 5.32 Å². The zero-order valence-corrected chi connectivity index (χ0v) is 8.71. The Morgan fingerprint density at radius 3 is 2.94 bits per heavy atom. The number of rotatable bonds is 1. The van der Waals surface area contributed by atoms with E-state index in [1.165, 1.54) is 24.4 Å². The Labute approximate surface area is 97.2 Å². The topological polar surface area (TPSA) is 62.0 Å². The maximum atomic E-state index is 13.2. The summed E-state index contributed by atoms with van der Waals surface area (Å²) in [4.78, 5) is 25.8. The van der Waals surface area contributed by atoms with Crippen molar-refractivity contribution >= 4 is 22.7 Å². The van der Waals surface area contributed by atoms with E-state index in [0.29, 0.717) is 16.5 Å². The molecule has 1 saturated heterocycles. The van der Waals surface area contributed by atoms with Crippen LogP contribution in [0.25, 0.3) is 10.9 Å². The lowest BCUT2D eigenvalue weighted by Crippen LogP contribution is -2.21. The van der Waals surface area contributed by atoms with E-state index in [2.05, 4.69) is 10.3 Å². The van der Waals surface area contributed by atoms with E-state index < -0.39 is 23.5 Å². The number of carbonyl (C=O) groups is 2. The molecule has 2 heterocycles. The lowest BCUT2D eigenvalue weighted by Gasteiger charge is -2.03. The van der Waals surface area contributed by atoms with Crippen LogP contribution in [0.5, 0.6) is 0 Å². The maximum Gasteiger partial charge on any atom is 0.234 e. The number of halogens is 1. The van der Waals surface area contributed by atoms with Crippen LogP contribution in [-0.4, -0.2) is 16.8 Å². The molecule has 0 unspecified atom stereocenters. The average Bonchev–Trinajstić information content (AvgIpc) is 2.81. The van der Waals surface area contributed by atoms with Gasteiger partial charge in [0.1, 0.15) is 5.82 Å². The highest BCUT2D eigenvalue weighted by atomic mass is 19.1. The van der Waals surface area contributed by atoms with Gasteiger partial charge in [-0.25, -0.2) is 4.39 Å². The molecule has 1 aliphatic rings. The van der Waals surface area contributed by atoms with Gasteiger partial charge in [0, 0.05) is 24.9 Å². The van der Waals surface area contributed by atoms with Crippen molar-refractivity contribution in [2.45, 2.75) is 12.3 Å². The zero-order valence-electron chi connectivity index (χ0n) is 9.71. The van der Waals surface area contributed by atoms with Crippen molar-refractivity contribution in [2.24, 2.45) is 0 Å². The molecule has 4 nitrogen and oxygen atoms in total. The Hall–Kier alpha value is -2.17. The lowest BCUT2D eigenvalue weighted by atomic mass is 9.97. The Balaban J connectivity index is 2.23. The van der Waals surface area contributed by atoms with Crippen molar-refractivity contribution in [1.29, 1.82) is 0 Å². The van der Waals surface area contributed by atoms with Crippen LogP contribution in [-0.2, 0) is 9.59 Å². The van der Waals surface area contributed by atoms with Crippen molar-refractivity contribution < 1.29 is 15.4 Å². The van der Waals surface area contributed by atoms with Crippen molar-refractivity contribution in [1.82, 2.24) is 10.3 Å². The molecular formula is C12H9FN2O2. The molecular weight excluding hydrogens is 223 g/mol. The molecule has 2 N–H and O–H groups in total. The molecule has 1 aromatic carbocycles. The first-order valence-electron chi connectivity index (χ1n) is 5.62. The molecule has 2 aromatic rings. The van der Waals surface area contributed by atoms with Crippen LogP contribution in [0.3, 0.4) is 0 Å². The third-order valence-electron chi connectivity index (χ3n) is 2.83. The Kier molecular flexibility index (Phi) is 1.79. The molecule has 0 saturated carbocycles. The molecule has 17 heavy (non-hydrogen) atoms. The summed E-state index contributed by atoms with van der Waals surface area (Å²) in [5.74, 6) is -3.28. The second-order valence-electron chi connectivity index (χ2n) is 3.92. The molecule has 86 valence electrons. The van der Waals surface area contributed by atoms with Crippen molar-refractivity contribution in [2.75, 3.05) is 0 Å². The lowest BCUT2D eigenvalue weighted by molar-refractivity contribution is -0.125. The number of aromatic nitrogens is 1. The number of aromatic amines is 1. The van der Waals surface area contributed by atoms with Crippen LogP contribution in [0, 0.1) is 5.82 Å². The molecule has 1 aliphatic heterocycles. The van der Waals surface area contributed by atoms with E-state index in [0.717, 1.165) is 0 Å². The first-order chi connectivity index (χ1) is 8.50. The highest BCUT2D eigenvalue weighted by Crippen LogP contribution is 2.30. The third-order valence-corrected chi connectivity index (χ3v) is 2.83. The molecule has 0 aliphatic carbocycles. The monoisotopic (exact) mass is 233 g/mol. The molecule has 0 radical (unpaired) electrons. The number of carbonyl (C=O) groups excluding carboxylic acids is 2. The highest BCUT2D eigenvalue weighted by molar-refractivity contribution is 6.07. The largest absolute Gasteiger partial charge is 0.361 e. The van der Waals surface area contributed by atoms with Gasteiger partial charge >= 0.3 is 0 Å². The number of nitrogens with one attached hydrogen (secondary N) is 2. The van der Waals surface area contributed by atoms with Gasteiger partial charge in [-0.2, -0.15) is 0 Å². The average molecular weight is 233 g/mol. The maximum absolute atomic E-state index is 13.2. The molecule has 0 bridgehead atoms. The minimum atomic E-state index is -1.68. The van der Waals surface area contributed by atoms with Crippen molar-refractivity contribution in [3.63, 3.8) is 0 Å². The van der Waals surface area contributed by atoms with Gasteiger partial charge in [0.25, 0.3) is 0 Å². The van der Waals surface area contributed by atoms with Crippen molar-refractivity contribution in [3.05, 3.63) is 35.8 Å². The fraction of sp³-hybridized carbons (Fsp3) is 0.167. The molecule has 2 amide bonds. The quantitative estimate of drug-likeness (QED) is 0.732. The smallest absolute Gasteiger partial charge is 0.234 e. The number of benzene rings is 1. The van der Waals surface area contributed by atoms with Gasteiger partial charge in [-0.05, 0) is 23.8 Å². The molecule has 1 fully saturated rings. The van der Waals surface area contributed by atoms with Crippen LogP contribution in [0.1, 0.15) is 19.2 Å². The number of amides is 2. The first-order valence-corrected chi connectivity index (χ1v) is 5.12. The minimum Gasteiger partial charge on any atom is -0.361 e. The summed E-state index contributed by atoms with van der Waals surface area (Å²) < 4.78 is 21.4. The van der Waals surface area contributed by atoms with Crippen LogP contribution in [0.2, 0.25) is 0 Å². The van der Waals surface area contributed by atoms with E-state index in [-0.39, 0.29) is 6.42 Å². The zero-order chi connectivity index (χ0) is 12.9. The predicted octanol–water partition coefficient (Wildman–Crippen LogP) is 1.44. The summed E-state index contributed by atoms with van der Waals surface area (Å²) in [7, 11) is 0. The van der Waals surface area contributed by atoms with Crippen molar-refractivity contribution in [3.8, 4) is 0 Å². The molecule has 0 spiro atoms. The SMILES string of the molecule is [2H][C@]1(c2c[nH]c3ccc(F)cc23)CC(=O)NC1=O. The second-order valence-corrected chi connectivity index (χ2v) is 3.92.